The summed E-state index contributed by atoms with van der Waals surface area (Å²) >= 11 is 1.45. The zero-order valence-electron chi connectivity index (χ0n) is 9.74. The van der Waals surface area contributed by atoms with Crippen LogP contribution in [0.4, 0.5) is 5.13 Å². The van der Waals surface area contributed by atoms with Crippen molar-refractivity contribution in [3.63, 3.8) is 0 Å². The van der Waals surface area contributed by atoms with Gasteiger partial charge in [-0.05, 0) is 25.7 Å². The molecular formula is C11H19N3OS. The van der Waals surface area contributed by atoms with Gasteiger partial charge in [-0.2, -0.15) is 4.37 Å². The Morgan fingerprint density at radius 2 is 2.44 bits per heavy atom. The number of nitrogens with one attached hydrogen (secondary N) is 1. The first-order valence-corrected chi connectivity index (χ1v) is 6.84. The summed E-state index contributed by atoms with van der Waals surface area (Å²) in [5, 5.41) is 4.19. The molecule has 0 bridgehead atoms. The minimum Gasteiger partial charge on any atom is -0.378 e. The van der Waals surface area contributed by atoms with Crippen LogP contribution in [0.3, 0.4) is 0 Å². The quantitative estimate of drug-likeness (QED) is 0.860. The Kier molecular flexibility index (Phi) is 4.54. The maximum atomic E-state index is 5.68. The van der Waals surface area contributed by atoms with E-state index in [1.165, 1.54) is 24.4 Å². The van der Waals surface area contributed by atoms with Gasteiger partial charge in [-0.15, -0.1) is 0 Å². The molecule has 0 radical (unpaired) electrons. The highest BCUT2D eigenvalue weighted by atomic mass is 32.1. The zero-order valence-corrected chi connectivity index (χ0v) is 10.6. The second-order valence-corrected chi connectivity index (χ2v) is 4.89. The Labute approximate surface area is 101 Å². The number of nitrogens with zero attached hydrogens (tertiary/aromatic N) is 2. The largest absolute Gasteiger partial charge is 0.378 e. The van der Waals surface area contributed by atoms with Gasteiger partial charge in [0.25, 0.3) is 0 Å². The number of hydrogen-bond donors (Lipinski definition) is 1. The number of anilines is 1. The molecule has 90 valence electrons. The maximum absolute atomic E-state index is 5.68. The van der Waals surface area contributed by atoms with Gasteiger partial charge in [0.2, 0.25) is 5.13 Å². The van der Waals surface area contributed by atoms with Crippen LogP contribution in [0, 0.1) is 0 Å². The summed E-state index contributed by atoms with van der Waals surface area (Å²) in [6.45, 7) is 4.01. The summed E-state index contributed by atoms with van der Waals surface area (Å²) in [7, 11) is 0. The first-order chi connectivity index (χ1) is 7.88. The Morgan fingerprint density at radius 1 is 1.50 bits per heavy atom. The summed E-state index contributed by atoms with van der Waals surface area (Å²) < 4.78 is 10.0. The van der Waals surface area contributed by atoms with E-state index in [9.17, 15) is 0 Å². The van der Waals surface area contributed by atoms with Crippen molar-refractivity contribution in [1.29, 1.82) is 0 Å². The minimum atomic E-state index is 0.336. The van der Waals surface area contributed by atoms with E-state index in [2.05, 4.69) is 21.6 Å². The lowest BCUT2D eigenvalue weighted by atomic mass is 10.1. The molecule has 1 saturated heterocycles. The van der Waals surface area contributed by atoms with Crippen LogP contribution in [0.15, 0.2) is 0 Å². The molecule has 5 heteroatoms. The molecule has 2 heterocycles. The molecule has 2 rings (SSSR count). The molecule has 1 aliphatic heterocycles. The number of ether oxygens (including phenoxy) is 1. The van der Waals surface area contributed by atoms with Crippen molar-refractivity contribution in [3.8, 4) is 0 Å². The van der Waals surface area contributed by atoms with Crippen LogP contribution in [0.2, 0.25) is 0 Å². The summed E-state index contributed by atoms with van der Waals surface area (Å²) in [5.74, 6) is 0.926. The van der Waals surface area contributed by atoms with E-state index in [1.54, 1.807) is 0 Å². The van der Waals surface area contributed by atoms with Gasteiger partial charge in [0.05, 0.1) is 6.10 Å². The fourth-order valence-corrected chi connectivity index (χ4v) is 2.43. The van der Waals surface area contributed by atoms with Crippen molar-refractivity contribution in [2.75, 3.05) is 18.5 Å². The Hall–Kier alpha value is -0.680. The number of rotatable bonds is 5. The predicted molar refractivity (Wildman–Crippen MR) is 66.0 cm³/mol. The monoisotopic (exact) mass is 241 g/mol. The minimum absolute atomic E-state index is 0.336. The third kappa shape index (κ3) is 3.42. The fourth-order valence-electron chi connectivity index (χ4n) is 1.81. The van der Waals surface area contributed by atoms with Crippen LogP contribution in [-0.2, 0) is 11.2 Å². The van der Waals surface area contributed by atoms with Crippen LogP contribution in [0.5, 0.6) is 0 Å². The van der Waals surface area contributed by atoms with Crippen LogP contribution in [0.25, 0.3) is 0 Å². The van der Waals surface area contributed by atoms with E-state index in [4.69, 9.17) is 4.74 Å². The lowest BCUT2D eigenvalue weighted by Gasteiger charge is -2.21. The average molecular weight is 241 g/mol. The van der Waals surface area contributed by atoms with Gasteiger partial charge in [0.1, 0.15) is 5.82 Å². The molecule has 16 heavy (non-hydrogen) atoms. The third-order valence-electron chi connectivity index (χ3n) is 2.68. The first-order valence-electron chi connectivity index (χ1n) is 6.06. The number of hydrogen-bond acceptors (Lipinski definition) is 5. The van der Waals surface area contributed by atoms with Crippen LogP contribution < -0.4 is 5.32 Å². The Balaban J connectivity index is 1.81. The molecule has 1 fully saturated rings. The molecule has 0 aromatic carbocycles. The van der Waals surface area contributed by atoms with Crippen molar-refractivity contribution in [1.82, 2.24) is 9.36 Å². The predicted octanol–water partition coefficient (Wildman–Crippen LogP) is 2.47. The molecule has 1 aromatic heterocycles. The van der Waals surface area contributed by atoms with Crippen LogP contribution in [-0.4, -0.2) is 28.6 Å². The lowest BCUT2D eigenvalue weighted by Crippen LogP contribution is -2.21. The van der Waals surface area contributed by atoms with Gasteiger partial charge in [-0.25, -0.2) is 4.98 Å². The lowest BCUT2D eigenvalue weighted by molar-refractivity contribution is 0.0158. The first kappa shape index (κ1) is 11.8. The van der Waals surface area contributed by atoms with Gasteiger partial charge in [0, 0.05) is 31.1 Å². The second-order valence-electron chi connectivity index (χ2n) is 4.14. The molecule has 0 amide bonds. The van der Waals surface area contributed by atoms with Crippen molar-refractivity contribution in [2.45, 2.75) is 45.1 Å². The van der Waals surface area contributed by atoms with Gasteiger partial charge >= 0.3 is 0 Å². The molecule has 0 saturated carbocycles. The fraction of sp³-hybridized carbons (Fsp3) is 0.818. The Bertz CT molecular complexity index is 310. The molecule has 1 N–H and O–H groups in total. The smallest absolute Gasteiger partial charge is 0.202 e. The van der Waals surface area contributed by atoms with E-state index in [0.717, 1.165) is 43.4 Å². The molecular weight excluding hydrogens is 222 g/mol. The molecule has 1 unspecified atom stereocenters. The van der Waals surface area contributed by atoms with E-state index in [-0.39, 0.29) is 0 Å². The average Bonchev–Trinajstić information content (AvgIpc) is 2.75. The molecule has 1 atom stereocenters. The maximum Gasteiger partial charge on any atom is 0.202 e. The van der Waals surface area contributed by atoms with Crippen molar-refractivity contribution >= 4 is 16.7 Å². The summed E-state index contributed by atoms with van der Waals surface area (Å²) in [6, 6.07) is 0. The van der Waals surface area contributed by atoms with Crippen LogP contribution >= 0.6 is 11.5 Å². The van der Waals surface area contributed by atoms with E-state index in [0.29, 0.717) is 6.10 Å². The third-order valence-corrected chi connectivity index (χ3v) is 3.39. The molecule has 1 aliphatic rings. The van der Waals surface area contributed by atoms with E-state index < -0.39 is 0 Å². The van der Waals surface area contributed by atoms with E-state index in [1.807, 2.05) is 0 Å². The van der Waals surface area contributed by atoms with Crippen molar-refractivity contribution in [3.05, 3.63) is 5.82 Å². The molecule has 1 aromatic rings. The van der Waals surface area contributed by atoms with Gasteiger partial charge in [-0.1, -0.05) is 6.92 Å². The van der Waals surface area contributed by atoms with Crippen molar-refractivity contribution in [2.24, 2.45) is 0 Å². The van der Waals surface area contributed by atoms with Crippen LogP contribution in [0.1, 0.15) is 38.4 Å². The van der Waals surface area contributed by atoms with Gasteiger partial charge < -0.3 is 10.1 Å². The van der Waals surface area contributed by atoms with E-state index >= 15 is 0 Å². The molecule has 4 nitrogen and oxygen atoms in total. The highest BCUT2D eigenvalue weighted by Gasteiger charge is 2.16. The molecule has 0 spiro atoms. The second kappa shape index (κ2) is 6.15. The summed E-state index contributed by atoms with van der Waals surface area (Å²) in [6.07, 6.45) is 5.93. The standard InChI is InChI=1S/C11H19N3OS/c1-2-6-12-11-13-10(14-16-11)8-9-5-3-4-7-15-9/h9H,2-8H2,1H3,(H,12,13,14). The summed E-state index contributed by atoms with van der Waals surface area (Å²) in [5.41, 5.74) is 0. The normalized spacial score (nSPS) is 20.9. The van der Waals surface area contributed by atoms with Gasteiger partial charge in [0.15, 0.2) is 0 Å². The summed E-state index contributed by atoms with van der Waals surface area (Å²) in [4.78, 5) is 4.46. The van der Waals surface area contributed by atoms with Crippen molar-refractivity contribution < 1.29 is 4.74 Å². The zero-order chi connectivity index (χ0) is 11.2. The van der Waals surface area contributed by atoms with Gasteiger partial charge in [-0.3, -0.25) is 0 Å². The molecule has 0 aliphatic carbocycles. The number of aromatic nitrogens is 2. The highest BCUT2D eigenvalue weighted by Crippen LogP contribution is 2.18. The highest BCUT2D eigenvalue weighted by molar-refractivity contribution is 7.09. The SMILES string of the molecule is CCCNc1nc(CC2CCCCO2)ns1. The Morgan fingerprint density at radius 3 is 3.19 bits per heavy atom. The topological polar surface area (TPSA) is 47.0 Å².